The van der Waals surface area contributed by atoms with Crippen LogP contribution in [0.1, 0.15) is 0 Å². The SMILES string of the molecule is Sc1ccccn1.[NaH]. The molecule has 0 amide bonds. The van der Waals surface area contributed by atoms with Gasteiger partial charge in [-0.25, -0.2) is 0 Å². The summed E-state index contributed by atoms with van der Waals surface area (Å²) >= 11 is 3.97. The molecule has 1 aromatic rings. The Morgan fingerprint density at radius 1 is 1.38 bits per heavy atom. The number of hydrogen-bond donors (Lipinski definition) is 1. The van der Waals surface area contributed by atoms with Gasteiger partial charge in [-0.15, -0.1) is 12.6 Å². The molecule has 0 aromatic carbocycles. The van der Waals surface area contributed by atoms with Gasteiger partial charge in [0.2, 0.25) is 0 Å². The Bertz CT molecular complexity index is 142. The van der Waals surface area contributed by atoms with Gasteiger partial charge in [-0.3, -0.25) is 4.98 Å². The average Bonchev–Trinajstić information content (AvgIpc) is 1.69. The molecule has 3 heteroatoms. The predicted molar refractivity (Wildman–Crippen MR) is 38.6 cm³/mol. The van der Waals surface area contributed by atoms with Crippen molar-refractivity contribution in [3.05, 3.63) is 24.4 Å². The van der Waals surface area contributed by atoms with Crippen LogP contribution in [0, 0.1) is 0 Å². The zero-order valence-electron chi connectivity index (χ0n) is 3.70. The fourth-order valence-corrected chi connectivity index (χ4v) is 0.506. The second kappa shape index (κ2) is 4.39. The third kappa shape index (κ3) is 2.72. The summed E-state index contributed by atoms with van der Waals surface area (Å²) in [5.74, 6) is 0. The Hall–Kier alpha value is 0.500. The Kier molecular flexibility index (Phi) is 4.66. The monoisotopic (exact) mass is 135 g/mol. The van der Waals surface area contributed by atoms with Crippen molar-refractivity contribution in [2.24, 2.45) is 0 Å². The van der Waals surface area contributed by atoms with Crippen LogP contribution in [0.15, 0.2) is 29.4 Å². The first-order valence-corrected chi connectivity index (χ1v) is 2.44. The second-order valence-corrected chi connectivity index (χ2v) is 1.65. The fraction of sp³-hybridized carbons (Fsp3) is 0. The first kappa shape index (κ1) is 8.50. The number of rotatable bonds is 0. The zero-order valence-corrected chi connectivity index (χ0v) is 4.60. The molecule has 0 bridgehead atoms. The van der Waals surface area contributed by atoms with Crippen LogP contribution in [0.25, 0.3) is 0 Å². The molecule has 0 aliphatic rings. The third-order valence-electron chi connectivity index (χ3n) is 0.649. The topological polar surface area (TPSA) is 12.9 Å². The van der Waals surface area contributed by atoms with Gasteiger partial charge in [-0.1, -0.05) is 6.07 Å². The van der Waals surface area contributed by atoms with Crippen LogP contribution < -0.4 is 0 Å². The summed E-state index contributed by atoms with van der Waals surface area (Å²) in [6.07, 6.45) is 1.71. The maximum absolute atomic E-state index is 3.97. The Labute approximate surface area is 76.2 Å². The third-order valence-corrected chi connectivity index (χ3v) is 0.914. The summed E-state index contributed by atoms with van der Waals surface area (Å²) in [4.78, 5) is 3.84. The van der Waals surface area contributed by atoms with E-state index in [4.69, 9.17) is 0 Å². The average molecular weight is 135 g/mol. The van der Waals surface area contributed by atoms with Gasteiger partial charge in [0, 0.05) is 6.20 Å². The van der Waals surface area contributed by atoms with Gasteiger partial charge in [0.1, 0.15) is 0 Å². The first-order valence-electron chi connectivity index (χ1n) is 1.99. The minimum atomic E-state index is 0. The Morgan fingerprint density at radius 2 is 2.12 bits per heavy atom. The summed E-state index contributed by atoms with van der Waals surface area (Å²) < 4.78 is 0. The quantitative estimate of drug-likeness (QED) is 0.408. The molecular weight excluding hydrogens is 129 g/mol. The summed E-state index contributed by atoms with van der Waals surface area (Å²) in [6.45, 7) is 0. The summed E-state index contributed by atoms with van der Waals surface area (Å²) in [7, 11) is 0. The van der Waals surface area contributed by atoms with Crippen molar-refractivity contribution in [1.82, 2.24) is 4.98 Å². The molecule has 1 rings (SSSR count). The molecule has 1 aromatic heterocycles. The van der Waals surface area contributed by atoms with Crippen LogP contribution in [-0.4, -0.2) is 34.5 Å². The van der Waals surface area contributed by atoms with Crippen molar-refractivity contribution in [2.75, 3.05) is 0 Å². The Balaban J connectivity index is 0.000000490. The van der Waals surface area contributed by atoms with Crippen LogP contribution in [0.4, 0.5) is 0 Å². The minimum absolute atomic E-state index is 0. The maximum atomic E-state index is 3.97. The van der Waals surface area contributed by atoms with E-state index in [9.17, 15) is 0 Å². The summed E-state index contributed by atoms with van der Waals surface area (Å²) in [6, 6.07) is 5.60. The van der Waals surface area contributed by atoms with E-state index in [2.05, 4.69) is 17.6 Å². The van der Waals surface area contributed by atoms with Crippen molar-refractivity contribution < 1.29 is 0 Å². The Morgan fingerprint density at radius 3 is 2.38 bits per heavy atom. The van der Waals surface area contributed by atoms with Gasteiger partial charge in [0.25, 0.3) is 0 Å². The molecule has 0 N–H and O–H groups in total. The first-order chi connectivity index (χ1) is 3.39. The molecule has 38 valence electrons. The predicted octanol–water partition coefficient (Wildman–Crippen LogP) is 0.722. The molecule has 0 spiro atoms. The van der Waals surface area contributed by atoms with E-state index in [1.165, 1.54) is 0 Å². The van der Waals surface area contributed by atoms with E-state index in [1.54, 1.807) is 6.20 Å². The summed E-state index contributed by atoms with van der Waals surface area (Å²) in [5.41, 5.74) is 0. The van der Waals surface area contributed by atoms with Crippen LogP contribution in [-0.2, 0) is 0 Å². The van der Waals surface area contributed by atoms with Crippen molar-refractivity contribution in [3.63, 3.8) is 0 Å². The standard InChI is InChI=1S/C5H5NS.Na.H/c7-5-3-1-2-4-6-5;;/h1-4H,(H,6,7);;. The van der Waals surface area contributed by atoms with Crippen LogP contribution >= 0.6 is 12.6 Å². The molecule has 0 fully saturated rings. The van der Waals surface area contributed by atoms with Gasteiger partial charge in [0.15, 0.2) is 0 Å². The van der Waals surface area contributed by atoms with E-state index in [0.717, 1.165) is 5.03 Å². The van der Waals surface area contributed by atoms with Crippen LogP contribution in [0.5, 0.6) is 0 Å². The van der Waals surface area contributed by atoms with Crippen molar-refractivity contribution in [2.45, 2.75) is 5.03 Å². The molecule has 1 nitrogen and oxygen atoms in total. The van der Waals surface area contributed by atoms with E-state index < -0.39 is 0 Å². The molecule has 0 saturated heterocycles. The van der Waals surface area contributed by atoms with Crippen LogP contribution in [0.2, 0.25) is 0 Å². The number of pyridine rings is 1. The van der Waals surface area contributed by atoms with Gasteiger partial charge >= 0.3 is 29.6 Å². The van der Waals surface area contributed by atoms with Gasteiger partial charge in [-0.2, -0.15) is 0 Å². The number of thiol groups is 1. The van der Waals surface area contributed by atoms with Crippen molar-refractivity contribution in [3.8, 4) is 0 Å². The zero-order chi connectivity index (χ0) is 5.11. The molecule has 0 atom stereocenters. The number of aromatic nitrogens is 1. The number of nitrogens with zero attached hydrogens (tertiary/aromatic N) is 1. The van der Waals surface area contributed by atoms with E-state index in [1.807, 2.05) is 18.2 Å². The molecule has 0 unspecified atom stereocenters. The van der Waals surface area contributed by atoms with Gasteiger partial charge in [0.05, 0.1) is 5.03 Å². The molecule has 0 aliphatic heterocycles. The number of hydrogen-bond acceptors (Lipinski definition) is 2. The van der Waals surface area contributed by atoms with Gasteiger partial charge in [-0.05, 0) is 12.1 Å². The molecule has 8 heavy (non-hydrogen) atoms. The van der Waals surface area contributed by atoms with Crippen molar-refractivity contribution >= 4 is 42.2 Å². The second-order valence-electron chi connectivity index (χ2n) is 1.19. The normalized spacial score (nSPS) is 7.62. The molecule has 0 radical (unpaired) electrons. The van der Waals surface area contributed by atoms with Gasteiger partial charge < -0.3 is 0 Å². The van der Waals surface area contributed by atoms with E-state index >= 15 is 0 Å². The van der Waals surface area contributed by atoms with E-state index in [-0.39, 0.29) is 29.6 Å². The molecular formula is C5H6NNaS. The molecule has 0 saturated carbocycles. The molecule has 0 aliphatic carbocycles. The fourth-order valence-electron chi connectivity index (χ4n) is 0.354. The van der Waals surface area contributed by atoms with Crippen LogP contribution in [0.3, 0.4) is 0 Å². The summed E-state index contributed by atoms with van der Waals surface area (Å²) in [5, 5.41) is 0.766. The van der Waals surface area contributed by atoms with Crippen molar-refractivity contribution in [1.29, 1.82) is 0 Å². The molecule has 1 heterocycles. The van der Waals surface area contributed by atoms with E-state index in [0.29, 0.717) is 0 Å².